The number of ether oxygens (including phenoxy) is 2. The van der Waals surface area contributed by atoms with Crippen molar-refractivity contribution in [3.05, 3.63) is 191 Å². The molecule has 6 heterocycles. The van der Waals surface area contributed by atoms with Gasteiger partial charge >= 0.3 is 18.2 Å². The second-order valence-electron chi connectivity index (χ2n) is 19.9. The van der Waals surface area contributed by atoms with E-state index >= 15 is 0 Å². The molecule has 8 aromatic rings. The zero-order valence-electron chi connectivity index (χ0n) is 45.8. The predicted molar refractivity (Wildman–Crippen MR) is 301 cm³/mol. The van der Waals surface area contributed by atoms with Crippen molar-refractivity contribution in [1.29, 1.82) is 0 Å². The van der Waals surface area contributed by atoms with Gasteiger partial charge < -0.3 is 46.9 Å². The molecule has 0 spiro atoms. The van der Waals surface area contributed by atoms with Crippen molar-refractivity contribution < 1.29 is 42.5 Å². The van der Waals surface area contributed by atoms with E-state index in [1.54, 1.807) is 94.4 Å². The lowest BCUT2D eigenvalue weighted by atomic mass is 10.1. The van der Waals surface area contributed by atoms with E-state index in [4.69, 9.17) is 15.2 Å². The Bertz CT molecular complexity index is 3330. The Kier molecular flexibility index (Phi) is 22.0. The van der Waals surface area contributed by atoms with Crippen LogP contribution in [0.4, 0.5) is 30.0 Å². The zero-order valence-corrected chi connectivity index (χ0v) is 45.8. The third-order valence-electron chi connectivity index (χ3n) is 11.3. The molecule has 0 radical (unpaired) electrons. The maximum atomic E-state index is 13.6. The molecule has 0 saturated heterocycles. The lowest BCUT2D eigenvalue weighted by Gasteiger charge is -2.20. The van der Waals surface area contributed by atoms with Gasteiger partial charge in [-0.15, -0.1) is 0 Å². The van der Waals surface area contributed by atoms with Crippen molar-refractivity contribution in [3.63, 3.8) is 0 Å². The summed E-state index contributed by atoms with van der Waals surface area (Å²) in [7, 11) is 0. The number of alkyl carbamates (subject to hydrolysis) is 2. The van der Waals surface area contributed by atoms with E-state index in [0.29, 0.717) is 67.5 Å². The zero-order chi connectivity index (χ0) is 58.4. The van der Waals surface area contributed by atoms with Crippen LogP contribution in [0.15, 0.2) is 134 Å². The van der Waals surface area contributed by atoms with Crippen LogP contribution in [0.3, 0.4) is 0 Å². The van der Waals surface area contributed by atoms with Gasteiger partial charge in [0.05, 0.1) is 53.8 Å². The van der Waals surface area contributed by atoms with Crippen molar-refractivity contribution in [3.8, 4) is 22.5 Å². The summed E-state index contributed by atoms with van der Waals surface area (Å²) in [6.45, 7) is 12.7. The second kappa shape index (κ2) is 29.4. The van der Waals surface area contributed by atoms with Crippen LogP contribution in [0.5, 0.6) is 0 Å². The van der Waals surface area contributed by atoms with Crippen molar-refractivity contribution in [1.82, 2.24) is 56.3 Å². The molecule has 0 saturated carbocycles. The number of pyridine rings is 4. The number of benzene rings is 2. The molecule has 10 N–H and O–H groups in total. The molecule has 0 aliphatic heterocycles. The Labute approximate surface area is 467 Å². The van der Waals surface area contributed by atoms with Crippen LogP contribution < -0.4 is 32.3 Å². The van der Waals surface area contributed by atoms with E-state index in [0.717, 1.165) is 39.1 Å². The van der Waals surface area contributed by atoms with Gasteiger partial charge in [-0.05, 0) is 137 Å². The van der Waals surface area contributed by atoms with Crippen LogP contribution in [0.1, 0.15) is 95.9 Å². The van der Waals surface area contributed by atoms with Crippen LogP contribution in [-0.4, -0.2) is 93.8 Å². The number of amides is 3. The number of carboxylic acids is 1. The highest BCUT2D eigenvalue weighted by Crippen LogP contribution is 2.24. The highest BCUT2D eigenvalue weighted by Gasteiger charge is 2.20. The Morgan fingerprint density at radius 3 is 1.51 bits per heavy atom. The molecule has 2 aromatic carbocycles. The van der Waals surface area contributed by atoms with Gasteiger partial charge in [0.2, 0.25) is 0 Å². The Morgan fingerprint density at radius 1 is 0.593 bits per heavy atom. The van der Waals surface area contributed by atoms with Gasteiger partial charge in [-0.25, -0.2) is 33.1 Å². The van der Waals surface area contributed by atoms with Gasteiger partial charge in [-0.1, -0.05) is 36.4 Å². The van der Waals surface area contributed by atoms with E-state index < -0.39 is 29.4 Å². The molecular formula is C58H66F2N14O7. The molecule has 0 fully saturated rings. The van der Waals surface area contributed by atoms with Crippen molar-refractivity contribution in [2.24, 2.45) is 5.73 Å². The van der Waals surface area contributed by atoms with Crippen LogP contribution in [0.2, 0.25) is 0 Å². The molecule has 0 bridgehead atoms. The predicted octanol–water partition coefficient (Wildman–Crippen LogP) is 9.14. The number of nitrogens with one attached hydrogen (secondary N) is 7. The van der Waals surface area contributed by atoms with E-state index in [1.807, 2.05) is 51.1 Å². The van der Waals surface area contributed by atoms with Crippen LogP contribution in [0.25, 0.3) is 22.5 Å². The Hall–Kier alpha value is -9.64. The first-order valence-electron chi connectivity index (χ1n) is 25.7. The first-order chi connectivity index (χ1) is 38.7. The standard InChI is InChI=1S/C29H32FN7O3.C17H15FN4O2.C12H19N3O2/c1-29(2,3)40-28(39)34-18-25-20(7-5-12-31-25)15-33-27(38)23-9-10-24(21-16-35-36-17-21)37-26(23)32-13-11-19-6-4-8-22(30)14-19;18-13-3-1-2-11(8-13)6-7-19-16-14(17(23)24)4-5-15(22-16)12-9-20-21-10-12;1-12(2,3)17-11(16)15-8-10-9(7-13)5-4-6-14-10/h4-10,12,14,16-17H,11,13,15,18H2,1-3H3,(H,32,37)(H,33,38)(H,34,39)(H,35,36);1-5,8-10H,6-7H2,(H,19,22)(H,20,21)(H,23,24);4-6H,7-8,13H2,1-3H3,(H,15,16). The number of carbonyl (C=O) groups is 4. The molecule has 0 atom stereocenters. The monoisotopic (exact) mass is 1110 g/mol. The number of aromatic carboxylic acids is 1. The van der Waals surface area contributed by atoms with Crippen molar-refractivity contribution in [2.75, 3.05) is 23.7 Å². The first-order valence-corrected chi connectivity index (χ1v) is 25.7. The Morgan fingerprint density at radius 2 is 1.06 bits per heavy atom. The number of anilines is 2. The molecule has 8 rings (SSSR count). The third-order valence-corrected chi connectivity index (χ3v) is 11.3. The van der Waals surface area contributed by atoms with Gasteiger partial charge in [-0.2, -0.15) is 10.2 Å². The quantitative estimate of drug-likeness (QED) is 0.0364. The molecule has 0 aliphatic carbocycles. The molecule has 81 heavy (non-hydrogen) atoms. The molecule has 0 unspecified atom stereocenters. The summed E-state index contributed by atoms with van der Waals surface area (Å²) in [5.41, 5.74) is 12.4. The smallest absolute Gasteiger partial charge is 0.407 e. The molecule has 6 aromatic heterocycles. The maximum Gasteiger partial charge on any atom is 0.407 e. The number of nitrogens with zero attached hydrogens (tertiary/aromatic N) is 6. The fraction of sp³-hybridized carbons (Fsp3) is 0.276. The van der Waals surface area contributed by atoms with Gasteiger partial charge in [-0.3, -0.25) is 25.0 Å². The van der Waals surface area contributed by atoms with Crippen molar-refractivity contribution >= 4 is 35.7 Å². The summed E-state index contributed by atoms with van der Waals surface area (Å²) in [6, 6.07) is 26.6. The summed E-state index contributed by atoms with van der Waals surface area (Å²) in [6.07, 6.45) is 10.0. The number of aromatic amines is 2. The average Bonchev–Trinajstić information content (AvgIpc) is 4.21. The van der Waals surface area contributed by atoms with Crippen molar-refractivity contribution in [2.45, 2.75) is 91.8 Å². The number of carboxylic acid groups (broad SMARTS) is 1. The van der Waals surface area contributed by atoms with Crippen LogP contribution >= 0.6 is 0 Å². The number of hydrogen-bond acceptors (Lipinski definition) is 15. The van der Waals surface area contributed by atoms with E-state index in [-0.39, 0.29) is 42.0 Å². The number of rotatable bonds is 19. The molecular weight excluding hydrogens is 1040 g/mol. The lowest BCUT2D eigenvalue weighted by molar-refractivity contribution is 0.0511. The topological polar surface area (TPSA) is 302 Å². The van der Waals surface area contributed by atoms with E-state index in [2.05, 4.69) is 66.9 Å². The number of H-pyrrole nitrogens is 2. The minimum Gasteiger partial charge on any atom is -0.478 e. The first kappa shape index (κ1) is 60.6. The molecule has 23 heteroatoms. The molecule has 21 nitrogen and oxygen atoms in total. The molecule has 424 valence electrons. The van der Waals surface area contributed by atoms with Gasteiger partial charge in [0.1, 0.15) is 40.0 Å². The second-order valence-corrected chi connectivity index (χ2v) is 19.9. The highest BCUT2D eigenvalue weighted by molar-refractivity contribution is 5.99. The minimum atomic E-state index is -1.06. The fourth-order valence-corrected chi connectivity index (χ4v) is 7.50. The maximum absolute atomic E-state index is 13.6. The van der Waals surface area contributed by atoms with Crippen LogP contribution in [0, 0.1) is 11.6 Å². The Balaban J connectivity index is 0.000000218. The lowest BCUT2D eigenvalue weighted by Crippen LogP contribution is -2.33. The third kappa shape index (κ3) is 20.3. The summed E-state index contributed by atoms with van der Waals surface area (Å²) in [5.74, 6) is -1.32. The fourth-order valence-electron chi connectivity index (χ4n) is 7.50. The van der Waals surface area contributed by atoms with Gasteiger partial charge in [0, 0.05) is 62.1 Å². The summed E-state index contributed by atoms with van der Waals surface area (Å²) >= 11 is 0. The number of nitrogens with two attached hydrogens (primary N) is 1. The average molecular weight is 1110 g/mol. The van der Waals surface area contributed by atoms with E-state index in [9.17, 15) is 33.1 Å². The SMILES string of the molecule is CC(C)(C)OC(=O)NCc1ncccc1CN.CC(C)(C)OC(=O)NCc1ncccc1CNC(=O)c1ccc(-c2cn[nH]c2)nc1NCCc1cccc(F)c1.O=C(O)c1ccc(-c2cn[nH]c2)nc1NCCc1cccc(F)c1. The summed E-state index contributed by atoms with van der Waals surface area (Å²) in [5, 5.41) is 37.1. The number of halogens is 2. The normalized spacial score (nSPS) is 10.9. The highest BCUT2D eigenvalue weighted by atomic mass is 19.1. The molecule has 3 amide bonds. The minimum absolute atomic E-state index is 0.0847. The molecule has 0 aliphatic rings. The summed E-state index contributed by atoms with van der Waals surface area (Å²) in [4.78, 5) is 65.7. The van der Waals surface area contributed by atoms with Crippen LogP contribution in [-0.2, 0) is 48.5 Å². The number of aromatic nitrogens is 8. The summed E-state index contributed by atoms with van der Waals surface area (Å²) < 4.78 is 37.2. The number of hydrogen-bond donors (Lipinski definition) is 9. The van der Waals surface area contributed by atoms with Gasteiger partial charge in [0.25, 0.3) is 5.91 Å². The number of carbonyl (C=O) groups excluding carboxylic acids is 3. The van der Waals surface area contributed by atoms with E-state index in [1.165, 1.54) is 30.3 Å². The largest absolute Gasteiger partial charge is 0.478 e. The van der Waals surface area contributed by atoms with Gasteiger partial charge in [0.15, 0.2) is 0 Å².